The van der Waals surface area contributed by atoms with E-state index in [-0.39, 0.29) is 29.9 Å². The normalized spacial score (nSPS) is 12.4. The second-order valence-corrected chi connectivity index (χ2v) is 7.71. The van der Waals surface area contributed by atoms with E-state index in [0.717, 1.165) is 18.4 Å². The van der Waals surface area contributed by atoms with Gasteiger partial charge in [-0.25, -0.2) is 4.79 Å². The molecule has 6 heteroatoms. The number of hydrogen-bond donors (Lipinski definition) is 2. The van der Waals surface area contributed by atoms with Gasteiger partial charge in [-0.15, -0.1) is 0 Å². The molecule has 0 aromatic heterocycles. The van der Waals surface area contributed by atoms with Crippen LogP contribution in [0.5, 0.6) is 0 Å². The third kappa shape index (κ3) is 7.41. The van der Waals surface area contributed by atoms with Crippen LogP contribution in [0.1, 0.15) is 70.3 Å². The van der Waals surface area contributed by atoms with E-state index in [9.17, 15) is 14.4 Å². The molecule has 0 unspecified atom stereocenters. The third-order valence-electron chi connectivity index (χ3n) is 4.41. The van der Waals surface area contributed by atoms with E-state index in [1.54, 1.807) is 12.1 Å². The molecule has 0 radical (unpaired) electrons. The number of benzene rings is 1. The van der Waals surface area contributed by atoms with Crippen LogP contribution < -0.4 is 10.6 Å². The molecule has 0 aliphatic heterocycles. The Kier molecular flexibility index (Phi) is 8.47. The fourth-order valence-corrected chi connectivity index (χ4v) is 2.48. The SMILES string of the molecule is CCC(CC)NC(=O)COC(=O)[C@H](C)NC(=O)c1ccc(C(C)(C)C)cc1. The molecule has 1 aromatic rings. The summed E-state index contributed by atoms with van der Waals surface area (Å²) >= 11 is 0. The summed E-state index contributed by atoms with van der Waals surface area (Å²) in [5, 5.41) is 5.39. The number of hydrogen-bond acceptors (Lipinski definition) is 4. The van der Waals surface area contributed by atoms with Gasteiger partial charge in [-0.05, 0) is 42.9 Å². The van der Waals surface area contributed by atoms with Crippen LogP contribution in [-0.4, -0.2) is 36.5 Å². The minimum Gasteiger partial charge on any atom is -0.454 e. The molecule has 0 fully saturated rings. The number of nitrogens with one attached hydrogen (secondary N) is 2. The van der Waals surface area contributed by atoms with Gasteiger partial charge in [0.2, 0.25) is 0 Å². The second-order valence-electron chi connectivity index (χ2n) is 7.71. The van der Waals surface area contributed by atoms with E-state index >= 15 is 0 Å². The summed E-state index contributed by atoms with van der Waals surface area (Å²) in [6.45, 7) is 11.4. The molecule has 6 nitrogen and oxygen atoms in total. The summed E-state index contributed by atoms with van der Waals surface area (Å²) in [5.41, 5.74) is 1.59. The summed E-state index contributed by atoms with van der Waals surface area (Å²) in [6, 6.07) is 6.50. The van der Waals surface area contributed by atoms with Crippen molar-refractivity contribution in [2.45, 2.75) is 71.9 Å². The quantitative estimate of drug-likeness (QED) is 0.683. The molecule has 0 aliphatic carbocycles. The first-order valence-electron chi connectivity index (χ1n) is 9.45. The van der Waals surface area contributed by atoms with Crippen molar-refractivity contribution in [1.82, 2.24) is 10.6 Å². The first-order valence-corrected chi connectivity index (χ1v) is 9.45. The highest BCUT2D eigenvalue weighted by Crippen LogP contribution is 2.22. The number of carbonyl (C=O) groups excluding carboxylic acids is 3. The zero-order valence-electron chi connectivity index (χ0n) is 17.2. The van der Waals surface area contributed by atoms with Gasteiger partial charge in [0.1, 0.15) is 6.04 Å². The van der Waals surface area contributed by atoms with Gasteiger partial charge in [0.05, 0.1) is 0 Å². The average molecular weight is 376 g/mol. The largest absolute Gasteiger partial charge is 0.454 e. The first-order chi connectivity index (χ1) is 12.6. The fraction of sp³-hybridized carbons (Fsp3) is 0.571. The van der Waals surface area contributed by atoms with Crippen molar-refractivity contribution in [3.8, 4) is 0 Å². The summed E-state index contributed by atoms with van der Waals surface area (Å²) in [7, 11) is 0. The van der Waals surface area contributed by atoms with E-state index in [4.69, 9.17) is 4.74 Å². The van der Waals surface area contributed by atoms with Crippen LogP contribution in [0.25, 0.3) is 0 Å². The van der Waals surface area contributed by atoms with Crippen LogP contribution in [0.3, 0.4) is 0 Å². The summed E-state index contributed by atoms with van der Waals surface area (Å²) in [4.78, 5) is 36.1. The number of esters is 1. The first kappa shape index (κ1) is 22.7. The Hall–Kier alpha value is -2.37. The molecule has 0 bridgehead atoms. The molecular formula is C21H32N2O4. The minimum atomic E-state index is -0.847. The second kappa shape index (κ2) is 10.1. The Labute approximate surface area is 162 Å². The summed E-state index contributed by atoms with van der Waals surface area (Å²) in [5.74, 6) is -1.34. The Bertz CT molecular complexity index is 643. The van der Waals surface area contributed by atoms with Crippen LogP contribution in [0.15, 0.2) is 24.3 Å². The van der Waals surface area contributed by atoms with Gasteiger partial charge in [0.15, 0.2) is 6.61 Å². The number of ether oxygens (including phenoxy) is 1. The molecule has 1 atom stereocenters. The Morgan fingerprint density at radius 1 is 1.00 bits per heavy atom. The highest BCUT2D eigenvalue weighted by molar-refractivity contribution is 5.96. The van der Waals surface area contributed by atoms with Gasteiger partial charge in [-0.1, -0.05) is 46.8 Å². The Balaban J connectivity index is 2.52. The van der Waals surface area contributed by atoms with Crippen LogP contribution in [0, 0.1) is 0 Å². The molecule has 0 heterocycles. The van der Waals surface area contributed by atoms with Crippen molar-refractivity contribution in [2.24, 2.45) is 0 Å². The minimum absolute atomic E-state index is 0.00123. The molecule has 0 saturated heterocycles. The predicted molar refractivity (Wildman–Crippen MR) is 106 cm³/mol. The van der Waals surface area contributed by atoms with Crippen LogP contribution >= 0.6 is 0 Å². The maximum atomic E-state index is 12.3. The lowest BCUT2D eigenvalue weighted by Gasteiger charge is -2.19. The zero-order chi connectivity index (χ0) is 20.6. The van der Waals surface area contributed by atoms with E-state index in [2.05, 4.69) is 31.4 Å². The van der Waals surface area contributed by atoms with Gasteiger partial charge in [0.25, 0.3) is 11.8 Å². The van der Waals surface area contributed by atoms with Crippen LogP contribution in [-0.2, 0) is 19.7 Å². The molecule has 150 valence electrons. The van der Waals surface area contributed by atoms with Crippen molar-refractivity contribution >= 4 is 17.8 Å². The topological polar surface area (TPSA) is 84.5 Å². The maximum absolute atomic E-state index is 12.3. The number of rotatable bonds is 8. The molecular weight excluding hydrogens is 344 g/mol. The number of carbonyl (C=O) groups is 3. The summed E-state index contributed by atoms with van der Waals surface area (Å²) in [6.07, 6.45) is 1.63. The highest BCUT2D eigenvalue weighted by Gasteiger charge is 2.20. The lowest BCUT2D eigenvalue weighted by atomic mass is 9.86. The van der Waals surface area contributed by atoms with Crippen molar-refractivity contribution in [1.29, 1.82) is 0 Å². The smallest absolute Gasteiger partial charge is 0.328 e. The zero-order valence-corrected chi connectivity index (χ0v) is 17.2. The lowest BCUT2D eigenvalue weighted by Crippen LogP contribution is -2.42. The van der Waals surface area contributed by atoms with E-state index < -0.39 is 12.0 Å². The predicted octanol–water partition coefficient (Wildman–Crippen LogP) is 2.95. The molecule has 2 amide bonds. The van der Waals surface area contributed by atoms with Crippen molar-refractivity contribution in [2.75, 3.05) is 6.61 Å². The van der Waals surface area contributed by atoms with Crippen LogP contribution in [0.4, 0.5) is 0 Å². The van der Waals surface area contributed by atoms with Crippen molar-refractivity contribution in [3.05, 3.63) is 35.4 Å². The highest BCUT2D eigenvalue weighted by atomic mass is 16.5. The number of amides is 2. The standard InChI is InChI=1S/C21H32N2O4/c1-7-17(8-2)23-18(24)13-27-20(26)14(3)22-19(25)15-9-11-16(12-10-15)21(4,5)6/h9-12,14,17H,7-8,13H2,1-6H3,(H,22,25)(H,23,24)/t14-/m0/s1. The van der Waals surface area contributed by atoms with Crippen molar-refractivity contribution in [3.63, 3.8) is 0 Å². The fourth-order valence-electron chi connectivity index (χ4n) is 2.48. The monoisotopic (exact) mass is 376 g/mol. The average Bonchev–Trinajstić information content (AvgIpc) is 2.63. The molecule has 27 heavy (non-hydrogen) atoms. The van der Waals surface area contributed by atoms with Gasteiger partial charge in [0, 0.05) is 11.6 Å². The molecule has 1 rings (SSSR count). The lowest BCUT2D eigenvalue weighted by molar-refractivity contribution is -0.150. The van der Waals surface area contributed by atoms with Gasteiger partial charge < -0.3 is 15.4 Å². The molecule has 0 spiro atoms. The summed E-state index contributed by atoms with van der Waals surface area (Å²) < 4.78 is 4.99. The molecule has 2 N–H and O–H groups in total. The maximum Gasteiger partial charge on any atom is 0.328 e. The van der Waals surface area contributed by atoms with Gasteiger partial charge in [-0.3, -0.25) is 9.59 Å². The molecule has 0 aliphatic rings. The third-order valence-corrected chi connectivity index (χ3v) is 4.41. The molecule has 0 saturated carbocycles. The van der Waals surface area contributed by atoms with Gasteiger partial charge in [-0.2, -0.15) is 0 Å². The van der Waals surface area contributed by atoms with E-state index in [1.165, 1.54) is 6.92 Å². The van der Waals surface area contributed by atoms with Gasteiger partial charge >= 0.3 is 5.97 Å². The van der Waals surface area contributed by atoms with Crippen molar-refractivity contribution < 1.29 is 19.1 Å². The van der Waals surface area contributed by atoms with E-state index in [1.807, 2.05) is 26.0 Å². The van der Waals surface area contributed by atoms with E-state index in [0.29, 0.717) is 5.56 Å². The van der Waals surface area contributed by atoms with Crippen LogP contribution in [0.2, 0.25) is 0 Å². The Morgan fingerprint density at radius 2 is 1.56 bits per heavy atom. The Morgan fingerprint density at radius 3 is 2.04 bits per heavy atom. The molecule has 1 aromatic carbocycles.